The SMILES string of the molecule is C[C@@H](OC(=O)c1ccc(NC2CC2)c([N+](=O)[O-])c1)C(=O)Nc1ccc(Cl)cc1. The predicted molar refractivity (Wildman–Crippen MR) is 105 cm³/mol. The highest BCUT2D eigenvalue weighted by Gasteiger charge is 2.26. The third-order valence-corrected chi connectivity index (χ3v) is 4.38. The number of anilines is 2. The Hall–Kier alpha value is -3.13. The number of carbonyl (C=O) groups is 2. The van der Waals surface area contributed by atoms with Crippen LogP contribution in [0.1, 0.15) is 30.1 Å². The Kier molecular flexibility index (Phi) is 5.79. The molecule has 2 N–H and O–H groups in total. The Morgan fingerprint density at radius 1 is 1.21 bits per heavy atom. The van der Waals surface area contributed by atoms with Gasteiger partial charge in [0.05, 0.1) is 10.5 Å². The molecule has 28 heavy (non-hydrogen) atoms. The summed E-state index contributed by atoms with van der Waals surface area (Å²) in [5, 5.41) is 17.5. The van der Waals surface area contributed by atoms with Crippen molar-refractivity contribution in [1.29, 1.82) is 0 Å². The first-order chi connectivity index (χ1) is 13.3. The Morgan fingerprint density at radius 2 is 1.89 bits per heavy atom. The van der Waals surface area contributed by atoms with Crippen molar-refractivity contribution in [2.75, 3.05) is 10.6 Å². The Balaban J connectivity index is 1.65. The normalized spacial score (nSPS) is 14.1. The number of amides is 1. The number of carbonyl (C=O) groups excluding carboxylic acids is 2. The van der Waals surface area contributed by atoms with Gasteiger partial charge in [0.2, 0.25) is 0 Å². The fraction of sp³-hybridized carbons (Fsp3) is 0.263. The van der Waals surface area contributed by atoms with E-state index in [-0.39, 0.29) is 17.3 Å². The average molecular weight is 404 g/mol. The van der Waals surface area contributed by atoms with E-state index in [0.29, 0.717) is 16.4 Å². The predicted octanol–water partition coefficient (Wildman–Crippen LogP) is 4.01. The molecule has 0 bridgehead atoms. The third kappa shape index (κ3) is 4.98. The van der Waals surface area contributed by atoms with Crippen LogP contribution >= 0.6 is 11.6 Å². The summed E-state index contributed by atoms with van der Waals surface area (Å²) >= 11 is 5.79. The van der Waals surface area contributed by atoms with Crippen LogP contribution in [0, 0.1) is 10.1 Å². The highest BCUT2D eigenvalue weighted by Crippen LogP contribution is 2.31. The molecule has 0 aliphatic heterocycles. The van der Waals surface area contributed by atoms with Crippen molar-refractivity contribution in [1.82, 2.24) is 0 Å². The van der Waals surface area contributed by atoms with Crippen LogP contribution in [0.3, 0.4) is 0 Å². The summed E-state index contributed by atoms with van der Waals surface area (Å²) in [6.07, 6.45) is 0.828. The van der Waals surface area contributed by atoms with E-state index in [0.717, 1.165) is 18.9 Å². The summed E-state index contributed by atoms with van der Waals surface area (Å²) in [5.41, 5.74) is 0.653. The lowest BCUT2D eigenvalue weighted by Gasteiger charge is -2.14. The molecule has 2 aromatic carbocycles. The van der Waals surface area contributed by atoms with Crippen molar-refractivity contribution in [3.63, 3.8) is 0 Å². The lowest BCUT2D eigenvalue weighted by atomic mass is 10.1. The molecule has 146 valence electrons. The van der Waals surface area contributed by atoms with Crippen molar-refractivity contribution in [2.45, 2.75) is 31.9 Å². The Labute approximate surface area is 166 Å². The van der Waals surface area contributed by atoms with Gasteiger partial charge >= 0.3 is 5.97 Å². The van der Waals surface area contributed by atoms with E-state index in [4.69, 9.17) is 16.3 Å². The van der Waals surface area contributed by atoms with E-state index in [1.54, 1.807) is 24.3 Å². The van der Waals surface area contributed by atoms with Gasteiger partial charge in [-0.25, -0.2) is 4.79 Å². The molecule has 1 aliphatic rings. The second-order valence-electron chi connectivity index (χ2n) is 6.45. The van der Waals surface area contributed by atoms with Gasteiger partial charge in [-0.2, -0.15) is 0 Å². The summed E-state index contributed by atoms with van der Waals surface area (Å²) in [4.78, 5) is 35.2. The van der Waals surface area contributed by atoms with Gasteiger partial charge < -0.3 is 15.4 Å². The van der Waals surface area contributed by atoms with Crippen LogP contribution in [0.15, 0.2) is 42.5 Å². The van der Waals surface area contributed by atoms with E-state index in [2.05, 4.69) is 10.6 Å². The zero-order chi connectivity index (χ0) is 20.3. The first-order valence-corrected chi connectivity index (χ1v) is 9.03. The number of esters is 1. The minimum atomic E-state index is -1.09. The quantitative estimate of drug-likeness (QED) is 0.410. The smallest absolute Gasteiger partial charge is 0.339 e. The summed E-state index contributed by atoms with van der Waals surface area (Å²) in [6, 6.07) is 10.8. The van der Waals surface area contributed by atoms with Crippen LogP contribution in [-0.4, -0.2) is 28.9 Å². The number of hydrogen-bond acceptors (Lipinski definition) is 6. The van der Waals surface area contributed by atoms with Crippen molar-refractivity contribution in [3.8, 4) is 0 Å². The molecule has 0 unspecified atom stereocenters. The van der Waals surface area contributed by atoms with E-state index in [1.165, 1.54) is 19.1 Å². The zero-order valence-corrected chi connectivity index (χ0v) is 15.7. The number of benzene rings is 2. The van der Waals surface area contributed by atoms with Crippen LogP contribution in [0.4, 0.5) is 17.1 Å². The maximum absolute atomic E-state index is 12.3. The summed E-state index contributed by atoms with van der Waals surface area (Å²) in [5.74, 6) is -1.35. The van der Waals surface area contributed by atoms with Gasteiger partial charge in [-0.1, -0.05) is 11.6 Å². The highest BCUT2D eigenvalue weighted by atomic mass is 35.5. The van der Waals surface area contributed by atoms with E-state index < -0.39 is 22.9 Å². The summed E-state index contributed by atoms with van der Waals surface area (Å²) in [6.45, 7) is 1.42. The van der Waals surface area contributed by atoms with Gasteiger partial charge in [0.25, 0.3) is 11.6 Å². The summed E-state index contributed by atoms with van der Waals surface area (Å²) < 4.78 is 5.14. The molecule has 1 saturated carbocycles. The van der Waals surface area contributed by atoms with Crippen molar-refractivity contribution >= 4 is 40.5 Å². The second kappa shape index (κ2) is 8.26. The number of nitro groups is 1. The van der Waals surface area contributed by atoms with Crippen LogP contribution < -0.4 is 10.6 Å². The Bertz CT molecular complexity index is 912. The van der Waals surface area contributed by atoms with Crippen LogP contribution in [0.5, 0.6) is 0 Å². The largest absolute Gasteiger partial charge is 0.449 e. The van der Waals surface area contributed by atoms with Crippen LogP contribution in [-0.2, 0) is 9.53 Å². The van der Waals surface area contributed by atoms with Crippen LogP contribution in [0.25, 0.3) is 0 Å². The average Bonchev–Trinajstić information content (AvgIpc) is 3.47. The van der Waals surface area contributed by atoms with Crippen molar-refractivity contribution < 1.29 is 19.2 Å². The number of nitro benzene ring substituents is 1. The lowest BCUT2D eigenvalue weighted by Crippen LogP contribution is -2.30. The van der Waals surface area contributed by atoms with Crippen molar-refractivity contribution in [2.24, 2.45) is 0 Å². The molecular weight excluding hydrogens is 386 g/mol. The molecule has 0 aromatic heterocycles. The number of hydrogen-bond donors (Lipinski definition) is 2. The first-order valence-electron chi connectivity index (χ1n) is 8.66. The van der Waals surface area contributed by atoms with Crippen LogP contribution in [0.2, 0.25) is 5.02 Å². The molecule has 8 nitrogen and oxygen atoms in total. The molecule has 0 saturated heterocycles. The topological polar surface area (TPSA) is 111 Å². The Morgan fingerprint density at radius 3 is 2.50 bits per heavy atom. The third-order valence-electron chi connectivity index (χ3n) is 4.13. The van der Waals surface area contributed by atoms with E-state index in [9.17, 15) is 19.7 Å². The molecule has 1 amide bonds. The molecule has 2 aromatic rings. The molecule has 0 radical (unpaired) electrons. The molecule has 3 rings (SSSR count). The lowest BCUT2D eigenvalue weighted by molar-refractivity contribution is -0.384. The monoisotopic (exact) mass is 403 g/mol. The minimum absolute atomic E-state index is 0.000750. The van der Waals surface area contributed by atoms with Crippen molar-refractivity contribution in [3.05, 3.63) is 63.2 Å². The van der Waals surface area contributed by atoms with Gasteiger partial charge in [0, 0.05) is 22.8 Å². The molecule has 1 fully saturated rings. The summed E-state index contributed by atoms with van der Waals surface area (Å²) in [7, 11) is 0. The molecule has 1 atom stereocenters. The number of rotatable bonds is 7. The maximum Gasteiger partial charge on any atom is 0.339 e. The standard InChI is InChI=1S/C19H18ClN3O5/c1-11(18(24)22-15-5-3-13(20)4-6-15)28-19(25)12-2-9-16(21-14-7-8-14)17(10-12)23(26)27/h2-6,9-11,14,21H,7-8H2,1H3,(H,22,24)/t11-/m1/s1. The van der Waals surface area contributed by atoms with Gasteiger partial charge in [-0.3, -0.25) is 14.9 Å². The molecule has 0 heterocycles. The molecule has 9 heteroatoms. The van der Waals surface area contributed by atoms with E-state index >= 15 is 0 Å². The fourth-order valence-corrected chi connectivity index (χ4v) is 2.56. The molecule has 0 spiro atoms. The fourth-order valence-electron chi connectivity index (χ4n) is 2.44. The number of nitrogens with zero attached hydrogens (tertiary/aromatic N) is 1. The van der Waals surface area contributed by atoms with Gasteiger partial charge in [0.15, 0.2) is 6.10 Å². The van der Waals surface area contributed by atoms with Gasteiger partial charge in [-0.15, -0.1) is 0 Å². The maximum atomic E-state index is 12.3. The zero-order valence-electron chi connectivity index (χ0n) is 15.0. The minimum Gasteiger partial charge on any atom is -0.449 e. The molecule has 1 aliphatic carbocycles. The number of nitrogens with one attached hydrogen (secondary N) is 2. The molecular formula is C19H18ClN3O5. The van der Waals surface area contributed by atoms with Gasteiger partial charge in [0.1, 0.15) is 5.69 Å². The highest BCUT2D eigenvalue weighted by molar-refractivity contribution is 6.30. The van der Waals surface area contributed by atoms with E-state index in [1.807, 2.05) is 0 Å². The first kappa shape index (κ1) is 19.6. The second-order valence-corrected chi connectivity index (χ2v) is 6.89. The van der Waals surface area contributed by atoms with Gasteiger partial charge in [-0.05, 0) is 56.2 Å². The number of halogens is 1. The number of ether oxygens (including phenoxy) is 1.